The molecule has 1 aliphatic rings. The van der Waals surface area contributed by atoms with E-state index >= 15 is 0 Å². The molecule has 1 saturated heterocycles. The van der Waals surface area contributed by atoms with Gasteiger partial charge in [0.1, 0.15) is 17.9 Å². The summed E-state index contributed by atoms with van der Waals surface area (Å²) in [5, 5.41) is 8.72. The Balaban J connectivity index is 1.50. The number of amides is 1. The molecule has 8 heteroatoms. The largest absolute Gasteiger partial charge is 0.376 e. The summed E-state index contributed by atoms with van der Waals surface area (Å²) in [6, 6.07) is 13.9. The monoisotopic (exact) mass is 434 g/mol. The zero-order valence-electron chi connectivity index (χ0n) is 17.5. The molecule has 1 aliphatic heterocycles. The van der Waals surface area contributed by atoms with E-state index in [1.165, 1.54) is 16.8 Å². The molecule has 2 aromatic carbocycles. The summed E-state index contributed by atoms with van der Waals surface area (Å²) < 4.78 is 22.0. The van der Waals surface area contributed by atoms with Crippen LogP contribution in [0.5, 0.6) is 0 Å². The van der Waals surface area contributed by atoms with Crippen LogP contribution in [-0.4, -0.2) is 39.5 Å². The molecule has 1 N–H and O–H groups in total. The predicted molar refractivity (Wildman–Crippen MR) is 119 cm³/mol. The van der Waals surface area contributed by atoms with Gasteiger partial charge in [0.15, 0.2) is 0 Å². The van der Waals surface area contributed by atoms with Crippen molar-refractivity contribution in [3.05, 3.63) is 76.5 Å². The lowest BCUT2D eigenvalue weighted by Crippen LogP contribution is -2.37. The molecule has 0 radical (unpaired) electrons. The fraction of sp³-hybridized carbons (Fsp3) is 0.292. The van der Waals surface area contributed by atoms with Crippen LogP contribution < -0.4 is 10.9 Å². The maximum Gasteiger partial charge on any atom is 0.291 e. The number of fused-ring (bicyclic) bond motifs is 3. The number of nitrogens with one attached hydrogen (secondary N) is 1. The molecular weight excluding hydrogens is 411 g/mol. The first kappa shape index (κ1) is 20.4. The summed E-state index contributed by atoms with van der Waals surface area (Å²) in [6.07, 6.45) is 3.59. The van der Waals surface area contributed by atoms with Crippen LogP contribution in [0.15, 0.2) is 59.5 Å². The molecule has 5 rings (SSSR count). The fourth-order valence-corrected chi connectivity index (χ4v) is 4.27. The number of rotatable bonds is 6. The van der Waals surface area contributed by atoms with Crippen molar-refractivity contribution in [2.24, 2.45) is 0 Å². The molecule has 0 aliphatic carbocycles. The lowest BCUT2D eigenvalue weighted by Gasteiger charge is -2.12. The van der Waals surface area contributed by atoms with Crippen molar-refractivity contribution in [2.45, 2.75) is 32.0 Å². The normalized spacial score (nSPS) is 16.1. The first-order valence-corrected chi connectivity index (χ1v) is 10.7. The number of hydrogen-bond acceptors (Lipinski definition) is 4. The molecule has 1 unspecified atom stereocenters. The van der Waals surface area contributed by atoms with E-state index in [-0.39, 0.29) is 29.9 Å². The molecule has 1 atom stereocenters. The molecule has 1 amide bonds. The number of nitrogens with zero attached hydrogens (tertiary/aromatic N) is 3. The third-order valence-electron chi connectivity index (χ3n) is 5.87. The van der Waals surface area contributed by atoms with Gasteiger partial charge in [-0.3, -0.25) is 9.59 Å². The fourth-order valence-electron chi connectivity index (χ4n) is 4.27. The van der Waals surface area contributed by atoms with Crippen LogP contribution in [-0.2, 0) is 22.6 Å². The van der Waals surface area contributed by atoms with Crippen LogP contribution in [0.2, 0.25) is 0 Å². The van der Waals surface area contributed by atoms with Crippen LogP contribution in [0.1, 0.15) is 18.4 Å². The Morgan fingerprint density at radius 1 is 1.16 bits per heavy atom. The SMILES string of the molecule is O=C(Cn1ncc2c3ccccc3n(Cc3ccc(F)cc3)c2c1=O)NCC1CCCO1. The van der Waals surface area contributed by atoms with Crippen molar-refractivity contribution >= 4 is 27.7 Å². The molecule has 164 valence electrons. The summed E-state index contributed by atoms with van der Waals surface area (Å²) in [4.78, 5) is 25.8. The molecule has 2 aromatic heterocycles. The van der Waals surface area contributed by atoms with E-state index in [1.54, 1.807) is 18.3 Å². The van der Waals surface area contributed by atoms with E-state index in [0.29, 0.717) is 18.6 Å². The molecule has 4 aromatic rings. The third kappa shape index (κ3) is 3.89. The minimum Gasteiger partial charge on any atom is -0.376 e. The minimum absolute atomic E-state index is 0.0318. The summed E-state index contributed by atoms with van der Waals surface area (Å²) in [5.74, 6) is -0.591. The Labute approximate surface area is 183 Å². The van der Waals surface area contributed by atoms with E-state index < -0.39 is 0 Å². The average molecular weight is 434 g/mol. The van der Waals surface area contributed by atoms with Gasteiger partial charge in [-0.1, -0.05) is 30.3 Å². The highest BCUT2D eigenvalue weighted by Gasteiger charge is 2.19. The van der Waals surface area contributed by atoms with Gasteiger partial charge in [-0.05, 0) is 36.6 Å². The zero-order valence-corrected chi connectivity index (χ0v) is 17.5. The zero-order chi connectivity index (χ0) is 22.1. The van der Waals surface area contributed by atoms with Crippen molar-refractivity contribution in [3.8, 4) is 0 Å². The number of ether oxygens (including phenoxy) is 1. The number of aromatic nitrogens is 3. The first-order valence-electron chi connectivity index (χ1n) is 10.7. The van der Waals surface area contributed by atoms with E-state index in [0.717, 1.165) is 41.3 Å². The van der Waals surface area contributed by atoms with Crippen LogP contribution in [0, 0.1) is 5.82 Å². The van der Waals surface area contributed by atoms with Crippen molar-refractivity contribution in [1.82, 2.24) is 19.7 Å². The van der Waals surface area contributed by atoms with Gasteiger partial charge < -0.3 is 14.6 Å². The summed E-state index contributed by atoms with van der Waals surface area (Å²) >= 11 is 0. The maximum absolute atomic E-state index is 13.4. The number of para-hydroxylation sites is 1. The number of halogens is 1. The third-order valence-corrected chi connectivity index (χ3v) is 5.87. The lowest BCUT2D eigenvalue weighted by molar-refractivity contribution is -0.122. The van der Waals surface area contributed by atoms with E-state index in [1.807, 2.05) is 28.8 Å². The van der Waals surface area contributed by atoms with E-state index in [2.05, 4.69) is 10.4 Å². The van der Waals surface area contributed by atoms with Gasteiger partial charge >= 0.3 is 0 Å². The van der Waals surface area contributed by atoms with E-state index in [9.17, 15) is 14.0 Å². The van der Waals surface area contributed by atoms with Crippen LogP contribution in [0.3, 0.4) is 0 Å². The molecule has 0 bridgehead atoms. The summed E-state index contributed by atoms with van der Waals surface area (Å²) in [7, 11) is 0. The van der Waals surface area contributed by atoms with Gasteiger partial charge in [0.05, 0.1) is 12.3 Å². The van der Waals surface area contributed by atoms with Crippen LogP contribution in [0.25, 0.3) is 21.8 Å². The van der Waals surface area contributed by atoms with Gasteiger partial charge in [-0.2, -0.15) is 5.10 Å². The van der Waals surface area contributed by atoms with Gasteiger partial charge in [-0.25, -0.2) is 9.07 Å². The molecule has 32 heavy (non-hydrogen) atoms. The first-order chi connectivity index (χ1) is 15.6. The van der Waals surface area contributed by atoms with E-state index in [4.69, 9.17) is 4.74 Å². The van der Waals surface area contributed by atoms with Crippen molar-refractivity contribution in [1.29, 1.82) is 0 Å². The highest BCUT2D eigenvalue weighted by atomic mass is 19.1. The van der Waals surface area contributed by atoms with Crippen molar-refractivity contribution < 1.29 is 13.9 Å². The number of hydrogen-bond donors (Lipinski definition) is 1. The quantitative estimate of drug-likeness (QED) is 0.506. The topological polar surface area (TPSA) is 78.2 Å². The maximum atomic E-state index is 13.4. The Bertz CT molecular complexity index is 1340. The predicted octanol–water partition coefficient (Wildman–Crippen LogP) is 2.83. The lowest BCUT2D eigenvalue weighted by atomic mass is 10.2. The molecule has 1 fully saturated rings. The smallest absolute Gasteiger partial charge is 0.291 e. The Kier molecular flexibility index (Phi) is 5.45. The van der Waals surface area contributed by atoms with Gasteiger partial charge in [0, 0.05) is 36.0 Å². The standard InChI is InChI=1S/C24H23FN4O3/c25-17-9-7-16(8-10-17)14-28-21-6-2-1-5-19(21)20-13-27-29(24(31)23(20)28)15-22(30)26-12-18-4-3-11-32-18/h1-2,5-10,13,18H,3-4,11-12,14-15H2,(H,26,30). The summed E-state index contributed by atoms with van der Waals surface area (Å²) in [5.41, 5.74) is 1.88. The Hall–Kier alpha value is -3.52. The second kappa shape index (κ2) is 8.55. The molecule has 3 heterocycles. The number of benzene rings is 2. The summed E-state index contributed by atoms with van der Waals surface area (Å²) in [6.45, 7) is 1.38. The van der Waals surface area contributed by atoms with Gasteiger partial charge in [-0.15, -0.1) is 0 Å². The van der Waals surface area contributed by atoms with Crippen molar-refractivity contribution in [3.63, 3.8) is 0 Å². The minimum atomic E-state index is -0.340. The average Bonchev–Trinajstić information content (AvgIpc) is 3.43. The van der Waals surface area contributed by atoms with Gasteiger partial charge in [0.2, 0.25) is 5.91 Å². The Morgan fingerprint density at radius 3 is 2.75 bits per heavy atom. The molecule has 0 saturated carbocycles. The Morgan fingerprint density at radius 2 is 1.97 bits per heavy atom. The highest BCUT2D eigenvalue weighted by Crippen LogP contribution is 2.27. The molecular formula is C24H23FN4O3. The number of carbonyl (C=O) groups excluding carboxylic acids is 1. The van der Waals surface area contributed by atoms with Gasteiger partial charge in [0.25, 0.3) is 5.56 Å². The van der Waals surface area contributed by atoms with Crippen LogP contribution >= 0.6 is 0 Å². The molecule has 7 nitrogen and oxygen atoms in total. The molecule has 0 spiro atoms. The highest BCUT2D eigenvalue weighted by molar-refractivity contribution is 6.07. The van der Waals surface area contributed by atoms with Crippen LogP contribution in [0.4, 0.5) is 4.39 Å². The van der Waals surface area contributed by atoms with Crippen molar-refractivity contribution in [2.75, 3.05) is 13.2 Å². The second-order valence-electron chi connectivity index (χ2n) is 8.04. The number of carbonyl (C=O) groups is 1. The second-order valence-corrected chi connectivity index (χ2v) is 8.04.